The number of ether oxygens (including phenoxy) is 1. The zero-order chi connectivity index (χ0) is 13.2. The molecular weight excluding hydrogens is 242 g/mol. The van der Waals surface area contributed by atoms with Crippen molar-refractivity contribution in [1.82, 2.24) is 9.55 Å². The van der Waals surface area contributed by atoms with Gasteiger partial charge in [0.2, 0.25) is 5.90 Å². The monoisotopic (exact) mass is 253 g/mol. The van der Waals surface area contributed by atoms with E-state index >= 15 is 0 Å². The second kappa shape index (κ2) is 4.53. The second-order valence-corrected chi connectivity index (χ2v) is 4.15. The van der Waals surface area contributed by atoms with Crippen LogP contribution in [0, 0.1) is 6.92 Å². The van der Waals surface area contributed by atoms with E-state index in [2.05, 4.69) is 9.98 Å². The van der Waals surface area contributed by atoms with Gasteiger partial charge in [0.25, 0.3) is 0 Å². The standard InChI is InChI=1S/C14H11N3O2/c1-10-7-17(9-15-10)8-12-14(18)19-13(16-12)11-5-3-2-4-6-11/h2-9H,1H3. The van der Waals surface area contributed by atoms with Crippen LogP contribution in [0.25, 0.3) is 6.20 Å². The largest absolute Gasteiger partial charge is 0.402 e. The normalized spacial score (nSPS) is 16.6. The van der Waals surface area contributed by atoms with Gasteiger partial charge in [0.15, 0.2) is 5.70 Å². The van der Waals surface area contributed by atoms with Crippen LogP contribution in [0.1, 0.15) is 11.3 Å². The number of aliphatic imine (C=N–C) groups is 1. The molecule has 2 aromatic rings. The smallest absolute Gasteiger partial charge is 0.365 e. The summed E-state index contributed by atoms with van der Waals surface area (Å²) >= 11 is 0. The van der Waals surface area contributed by atoms with Crippen LogP contribution in [0.2, 0.25) is 0 Å². The van der Waals surface area contributed by atoms with Crippen molar-refractivity contribution < 1.29 is 9.53 Å². The summed E-state index contributed by atoms with van der Waals surface area (Å²) < 4.78 is 6.83. The van der Waals surface area contributed by atoms with Crippen molar-refractivity contribution in [3.63, 3.8) is 0 Å². The fourth-order valence-electron chi connectivity index (χ4n) is 1.76. The van der Waals surface area contributed by atoms with Crippen LogP contribution < -0.4 is 0 Å². The molecule has 94 valence electrons. The Hall–Kier alpha value is -2.69. The van der Waals surface area contributed by atoms with E-state index in [0.29, 0.717) is 5.90 Å². The summed E-state index contributed by atoms with van der Waals surface area (Å²) in [6, 6.07) is 9.32. The SMILES string of the molecule is Cc1cn(C=C2N=C(c3ccccc3)OC2=O)cn1. The molecule has 0 fully saturated rings. The molecule has 2 heterocycles. The lowest BCUT2D eigenvalue weighted by molar-refractivity contribution is -0.129. The topological polar surface area (TPSA) is 56.5 Å². The van der Waals surface area contributed by atoms with Gasteiger partial charge in [-0.15, -0.1) is 0 Å². The van der Waals surface area contributed by atoms with Gasteiger partial charge in [-0.25, -0.2) is 14.8 Å². The number of aryl methyl sites for hydroxylation is 1. The zero-order valence-electron chi connectivity index (χ0n) is 10.3. The van der Waals surface area contributed by atoms with E-state index in [1.807, 2.05) is 37.3 Å². The number of carbonyl (C=O) groups is 1. The average molecular weight is 253 g/mol. The first-order chi connectivity index (χ1) is 9.22. The molecule has 1 aliphatic rings. The molecule has 0 amide bonds. The molecule has 1 aromatic heterocycles. The fourth-order valence-corrected chi connectivity index (χ4v) is 1.76. The number of nitrogens with zero attached hydrogens (tertiary/aromatic N) is 3. The average Bonchev–Trinajstić information content (AvgIpc) is 2.98. The van der Waals surface area contributed by atoms with E-state index in [1.165, 1.54) is 0 Å². The van der Waals surface area contributed by atoms with Gasteiger partial charge in [0.1, 0.15) is 0 Å². The highest BCUT2D eigenvalue weighted by molar-refractivity contribution is 6.12. The number of cyclic esters (lactones) is 1. The third-order valence-corrected chi connectivity index (χ3v) is 2.64. The molecule has 1 aromatic carbocycles. The van der Waals surface area contributed by atoms with Gasteiger partial charge in [-0.2, -0.15) is 0 Å². The van der Waals surface area contributed by atoms with Gasteiger partial charge >= 0.3 is 5.97 Å². The molecule has 1 aliphatic heterocycles. The Bertz CT molecular complexity index is 684. The van der Waals surface area contributed by atoms with Crippen LogP contribution in [-0.4, -0.2) is 21.4 Å². The Morgan fingerprint density at radius 3 is 2.74 bits per heavy atom. The maximum atomic E-state index is 11.7. The molecule has 0 bridgehead atoms. The lowest BCUT2D eigenvalue weighted by atomic mass is 10.2. The minimum absolute atomic E-state index is 0.260. The molecule has 0 radical (unpaired) electrons. The predicted octanol–water partition coefficient (Wildman–Crippen LogP) is 1.99. The molecule has 19 heavy (non-hydrogen) atoms. The van der Waals surface area contributed by atoms with Gasteiger partial charge in [0.05, 0.1) is 12.0 Å². The van der Waals surface area contributed by atoms with Crippen molar-refractivity contribution in [2.75, 3.05) is 0 Å². The first kappa shape index (κ1) is 11.4. The summed E-state index contributed by atoms with van der Waals surface area (Å²) in [7, 11) is 0. The fraction of sp³-hybridized carbons (Fsp3) is 0.0714. The highest BCUT2D eigenvalue weighted by Crippen LogP contribution is 2.16. The first-order valence-electron chi connectivity index (χ1n) is 5.80. The Morgan fingerprint density at radius 1 is 1.26 bits per heavy atom. The van der Waals surface area contributed by atoms with E-state index in [4.69, 9.17) is 4.74 Å². The molecule has 3 rings (SSSR count). The molecule has 0 spiro atoms. The van der Waals surface area contributed by atoms with Crippen molar-refractivity contribution in [3.8, 4) is 0 Å². The molecule has 0 atom stereocenters. The van der Waals surface area contributed by atoms with Crippen LogP contribution in [0.15, 0.2) is 53.5 Å². The molecule has 0 saturated carbocycles. The molecule has 0 aliphatic carbocycles. The Morgan fingerprint density at radius 2 is 2.05 bits per heavy atom. The van der Waals surface area contributed by atoms with Crippen molar-refractivity contribution in [1.29, 1.82) is 0 Å². The van der Waals surface area contributed by atoms with E-state index in [1.54, 1.807) is 23.3 Å². The molecule has 0 unspecified atom stereocenters. The van der Waals surface area contributed by atoms with Crippen molar-refractivity contribution in [2.24, 2.45) is 4.99 Å². The summed E-state index contributed by atoms with van der Waals surface area (Å²) in [6.45, 7) is 1.88. The number of hydrogen-bond acceptors (Lipinski definition) is 4. The van der Waals surface area contributed by atoms with Crippen LogP contribution in [0.3, 0.4) is 0 Å². The summed E-state index contributed by atoms with van der Waals surface area (Å²) in [6.07, 6.45) is 5.01. The molecule has 0 saturated heterocycles. The lowest BCUT2D eigenvalue weighted by Gasteiger charge is -1.97. The van der Waals surface area contributed by atoms with Crippen LogP contribution >= 0.6 is 0 Å². The zero-order valence-corrected chi connectivity index (χ0v) is 10.3. The number of rotatable bonds is 2. The number of carbonyl (C=O) groups excluding carboxylic acids is 1. The number of aromatic nitrogens is 2. The number of esters is 1. The van der Waals surface area contributed by atoms with Gasteiger partial charge in [-0.3, -0.25) is 0 Å². The Labute approximate surface area is 109 Å². The third-order valence-electron chi connectivity index (χ3n) is 2.64. The summed E-state index contributed by atoms with van der Waals surface area (Å²) in [5.41, 5.74) is 1.91. The van der Waals surface area contributed by atoms with Crippen molar-refractivity contribution in [3.05, 3.63) is 59.8 Å². The summed E-state index contributed by atoms with van der Waals surface area (Å²) in [5, 5.41) is 0. The number of benzene rings is 1. The van der Waals surface area contributed by atoms with Crippen LogP contribution in [0.4, 0.5) is 0 Å². The van der Waals surface area contributed by atoms with Gasteiger partial charge in [-0.1, -0.05) is 18.2 Å². The first-order valence-corrected chi connectivity index (χ1v) is 5.80. The van der Waals surface area contributed by atoms with Crippen LogP contribution in [0.5, 0.6) is 0 Å². The van der Waals surface area contributed by atoms with Crippen molar-refractivity contribution in [2.45, 2.75) is 6.92 Å². The van der Waals surface area contributed by atoms with E-state index in [9.17, 15) is 4.79 Å². The van der Waals surface area contributed by atoms with Gasteiger partial charge in [0, 0.05) is 18.0 Å². The van der Waals surface area contributed by atoms with E-state index in [0.717, 1.165) is 11.3 Å². The minimum Gasteiger partial charge on any atom is -0.402 e. The van der Waals surface area contributed by atoms with Crippen molar-refractivity contribution >= 4 is 18.1 Å². The summed E-state index contributed by atoms with van der Waals surface area (Å²) in [4.78, 5) is 20.0. The molecule has 5 heteroatoms. The molecular formula is C14H11N3O2. The van der Waals surface area contributed by atoms with Crippen LogP contribution in [-0.2, 0) is 9.53 Å². The van der Waals surface area contributed by atoms with Gasteiger partial charge in [-0.05, 0) is 19.1 Å². The predicted molar refractivity (Wildman–Crippen MR) is 70.3 cm³/mol. The maximum Gasteiger partial charge on any atom is 0.365 e. The van der Waals surface area contributed by atoms with E-state index in [-0.39, 0.29) is 5.70 Å². The van der Waals surface area contributed by atoms with E-state index < -0.39 is 5.97 Å². The number of hydrogen-bond donors (Lipinski definition) is 0. The quantitative estimate of drug-likeness (QED) is 0.607. The summed E-state index contributed by atoms with van der Waals surface area (Å²) in [5.74, 6) is -0.126. The third kappa shape index (κ3) is 2.30. The molecule has 5 nitrogen and oxygen atoms in total. The highest BCUT2D eigenvalue weighted by Gasteiger charge is 2.24. The lowest BCUT2D eigenvalue weighted by Crippen LogP contribution is -2.05. The molecule has 0 N–H and O–H groups in total. The second-order valence-electron chi connectivity index (χ2n) is 4.15. The maximum absolute atomic E-state index is 11.7. The minimum atomic E-state index is -0.454. The number of imidazole rings is 1. The highest BCUT2D eigenvalue weighted by atomic mass is 16.6. The van der Waals surface area contributed by atoms with Gasteiger partial charge < -0.3 is 9.30 Å². The Balaban J connectivity index is 1.94. The Kier molecular flexibility index (Phi) is 2.72.